The number of nitrogens with one attached hydrogen (secondary N) is 1. The highest BCUT2D eigenvalue weighted by Gasteiger charge is 1.96. The lowest BCUT2D eigenvalue weighted by Crippen LogP contribution is -1.93. The van der Waals surface area contributed by atoms with E-state index in [2.05, 4.69) is 24.4 Å². The van der Waals surface area contributed by atoms with E-state index in [-0.39, 0.29) is 0 Å². The fourth-order valence-corrected chi connectivity index (χ4v) is 1.21. The molecule has 0 bridgehead atoms. The minimum atomic E-state index is 1.06. The molecule has 0 fully saturated rings. The molecule has 62 valence electrons. The smallest absolute Gasteiger partial charge is 0.0491 e. The van der Waals surface area contributed by atoms with E-state index in [1.807, 2.05) is 18.2 Å². The summed E-state index contributed by atoms with van der Waals surface area (Å²) in [4.78, 5) is 0. The topological polar surface area (TPSA) is 12.0 Å². The van der Waals surface area contributed by atoms with Crippen LogP contribution in [0.4, 0.5) is 5.69 Å². The molecule has 1 N–H and O–H groups in total. The molecule has 1 nitrogen and oxygen atoms in total. The molecule has 12 heavy (non-hydrogen) atoms. The molecule has 0 radical (unpaired) electrons. The highest BCUT2D eigenvalue weighted by atomic mass is 14.8. The van der Waals surface area contributed by atoms with E-state index >= 15 is 0 Å². The predicted octanol–water partition coefficient (Wildman–Crippen LogP) is 2.64. The summed E-state index contributed by atoms with van der Waals surface area (Å²) in [5.74, 6) is 0. The largest absolute Gasteiger partial charge is 0.315 e. The molecule has 0 saturated carbocycles. The summed E-state index contributed by atoms with van der Waals surface area (Å²) in [6, 6.07) is 10.6. The van der Waals surface area contributed by atoms with E-state index in [9.17, 15) is 0 Å². The van der Waals surface area contributed by atoms with Gasteiger partial charge in [0.05, 0.1) is 0 Å². The van der Waals surface area contributed by atoms with Crippen molar-refractivity contribution in [2.45, 2.75) is 19.8 Å². The van der Waals surface area contributed by atoms with Crippen LogP contribution in [0.15, 0.2) is 24.3 Å². The summed E-state index contributed by atoms with van der Waals surface area (Å²) < 4.78 is 0. The van der Waals surface area contributed by atoms with Crippen LogP contribution >= 0.6 is 0 Å². The van der Waals surface area contributed by atoms with E-state index in [1.165, 1.54) is 5.56 Å². The minimum absolute atomic E-state index is 1.06. The Balaban J connectivity index is 2.85. The molecular formula is C11H13N. The van der Waals surface area contributed by atoms with Gasteiger partial charge < -0.3 is 5.32 Å². The molecule has 0 aromatic heterocycles. The molecule has 0 amide bonds. The van der Waals surface area contributed by atoms with Gasteiger partial charge >= 0.3 is 0 Å². The van der Waals surface area contributed by atoms with Crippen molar-refractivity contribution in [2.75, 3.05) is 5.32 Å². The van der Waals surface area contributed by atoms with E-state index < -0.39 is 0 Å². The Hall–Kier alpha value is -1.42. The van der Waals surface area contributed by atoms with Crippen molar-refractivity contribution in [3.8, 4) is 12.5 Å². The third-order valence-corrected chi connectivity index (χ3v) is 1.74. The lowest BCUT2D eigenvalue weighted by Gasteiger charge is -2.05. The number of hydrogen-bond acceptors (Lipinski definition) is 1. The molecule has 1 aromatic carbocycles. The van der Waals surface area contributed by atoms with Crippen molar-refractivity contribution in [3.05, 3.63) is 29.8 Å². The lowest BCUT2D eigenvalue weighted by molar-refractivity contribution is 0.924. The summed E-state index contributed by atoms with van der Waals surface area (Å²) in [5.41, 5.74) is 2.35. The fourth-order valence-electron chi connectivity index (χ4n) is 1.21. The number of anilines is 1. The van der Waals surface area contributed by atoms with Gasteiger partial charge in [0.2, 0.25) is 0 Å². The number of hydrogen-bond donors (Lipinski definition) is 1. The third-order valence-electron chi connectivity index (χ3n) is 1.74. The summed E-state index contributed by atoms with van der Waals surface area (Å²) in [6.07, 6.45) is 7.38. The third kappa shape index (κ3) is 2.03. The Morgan fingerprint density at radius 1 is 1.42 bits per heavy atom. The number of aryl methyl sites for hydroxylation is 1. The molecule has 0 aliphatic heterocycles. The number of para-hydroxylation sites is 1. The zero-order chi connectivity index (χ0) is 8.81. The molecule has 1 heteroatoms. The van der Waals surface area contributed by atoms with Crippen LogP contribution in [0.5, 0.6) is 0 Å². The highest BCUT2D eigenvalue weighted by molar-refractivity contribution is 5.54. The van der Waals surface area contributed by atoms with E-state index in [4.69, 9.17) is 6.42 Å². The van der Waals surface area contributed by atoms with Gasteiger partial charge in [0.1, 0.15) is 0 Å². The first-order valence-electron chi connectivity index (χ1n) is 4.18. The van der Waals surface area contributed by atoms with Gasteiger partial charge in [-0.15, -0.1) is 0 Å². The lowest BCUT2D eigenvalue weighted by atomic mass is 10.1. The van der Waals surface area contributed by atoms with E-state index in [0.29, 0.717) is 0 Å². The van der Waals surface area contributed by atoms with Gasteiger partial charge in [-0.2, -0.15) is 0 Å². The van der Waals surface area contributed by atoms with Gasteiger partial charge in [-0.25, -0.2) is 0 Å². The van der Waals surface area contributed by atoms with Crippen molar-refractivity contribution in [2.24, 2.45) is 0 Å². The van der Waals surface area contributed by atoms with Gasteiger partial charge in [0.25, 0.3) is 0 Å². The first-order chi connectivity index (χ1) is 5.88. The van der Waals surface area contributed by atoms with Crippen LogP contribution in [-0.2, 0) is 6.42 Å². The summed E-state index contributed by atoms with van der Waals surface area (Å²) in [6.45, 7) is 2.16. The van der Waals surface area contributed by atoms with Gasteiger partial charge in [-0.05, 0) is 18.1 Å². The van der Waals surface area contributed by atoms with Crippen LogP contribution in [-0.4, -0.2) is 0 Å². The second-order valence-corrected chi connectivity index (χ2v) is 2.68. The van der Waals surface area contributed by atoms with E-state index in [1.54, 1.807) is 0 Å². The van der Waals surface area contributed by atoms with E-state index in [0.717, 1.165) is 18.5 Å². The Kier molecular flexibility index (Phi) is 3.22. The van der Waals surface area contributed by atoms with Crippen LogP contribution in [0, 0.1) is 12.5 Å². The van der Waals surface area contributed by atoms with Crippen molar-refractivity contribution in [1.29, 1.82) is 0 Å². The molecule has 0 spiro atoms. The van der Waals surface area contributed by atoms with Crippen LogP contribution in [0.1, 0.15) is 18.9 Å². The Morgan fingerprint density at radius 3 is 2.83 bits per heavy atom. The van der Waals surface area contributed by atoms with Gasteiger partial charge in [-0.1, -0.05) is 38.0 Å². The SMILES string of the molecule is C#CNc1ccccc1CCC. The van der Waals surface area contributed by atoms with Gasteiger partial charge in [0, 0.05) is 11.7 Å². The molecule has 0 heterocycles. The second-order valence-electron chi connectivity index (χ2n) is 2.68. The molecule has 0 saturated heterocycles. The predicted molar refractivity (Wildman–Crippen MR) is 52.9 cm³/mol. The summed E-state index contributed by atoms with van der Waals surface area (Å²) >= 11 is 0. The maximum absolute atomic E-state index is 5.16. The average Bonchev–Trinajstić information content (AvgIpc) is 2.09. The highest BCUT2D eigenvalue weighted by Crippen LogP contribution is 2.15. The van der Waals surface area contributed by atoms with Crippen molar-refractivity contribution in [1.82, 2.24) is 0 Å². The normalized spacial score (nSPS) is 9.00. The molecule has 1 rings (SSSR count). The van der Waals surface area contributed by atoms with Gasteiger partial charge in [-0.3, -0.25) is 0 Å². The number of rotatable bonds is 3. The Morgan fingerprint density at radius 2 is 2.17 bits per heavy atom. The maximum atomic E-state index is 5.16. The zero-order valence-electron chi connectivity index (χ0n) is 7.30. The van der Waals surface area contributed by atoms with Crippen LogP contribution in [0.25, 0.3) is 0 Å². The summed E-state index contributed by atoms with van der Waals surface area (Å²) in [5, 5.41) is 2.89. The summed E-state index contributed by atoms with van der Waals surface area (Å²) in [7, 11) is 0. The fraction of sp³-hybridized carbons (Fsp3) is 0.273. The van der Waals surface area contributed by atoms with Crippen molar-refractivity contribution in [3.63, 3.8) is 0 Å². The quantitative estimate of drug-likeness (QED) is 0.528. The number of terminal acetylenes is 1. The molecule has 0 aliphatic carbocycles. The Labute approximate surface area is 73.8 Å². The van der Waals surface area contributed by atoms with Crippen LogP contribution in [0.2, 0.25) is 0 Å². The average molecular weight is 159 g/mol. The van der Waals surface area contributed by atoms with Crippen molar-refractivity contribution >= 4 is 5.69 Å². The standard InChI is InChI=1S/C11H13N/c1-3-7-10-8-5-6-9-11(10)12-4-2/h2,5-6,8-9,12H,3,7H2,1H3. The maximum Gasteiger partial charge on any atom is 0.0491 e. The number of benzene rings is 1. The van der Waals surface area contributed by atoms with Crippen molar-refractivity contribution < 1.29 is 0 Å². The molecular weight excluding hydrogens is 146 g/mol. The monoisotopic (exact) mass is 159 g/mol. The van der Waals surface area contributed by atoms with Gasteiger partial charge in [0.15, 0.2) is 0 Å². The molecule has 0 atom stereocenters. The second kappa shape index (κ2) is 4.46. The zero-order valence-corrected chi connectivity index (χ0v) is 7.30. The minimum Gasteiger partial charge on any atom is -0.315 e. The van der Waals surface area contributed by atoms with Crippen LogP contribution in [0.3, 0.4) is 0 Å². The molecule has 1 aromatic rings. The molecule has 0 aliphatic rings. The molecule has 0 unspecified atom stereocenters. The Bertz CT molecular complexity index is 283. The first kappa shape index (κ1) is 8.67. The first-order valence-corrected chi connectivity index (χ1v) is 4.18. The van der Waals surface area contributed by atoms with Crippen LogP contribution < -0.4 is 5.32 Å².